The largest absolute Gasteiger partial charge is 0.452 e. The fourth-order valence-corrected chi connectivity index (χ4v) is 4.62. The van der Waals surface area contributed by atoms with Crippen LogP contribution in [0.25, 0.3) is 0 Å². The lowest BCUT2D eigenvalue weighted by atomic mass is 9.76. The summed E-state index contributed by atoms with van der Waals surface area (Å²) in [5, 5.41) is 2.59. The molecule has 2 aromatic carbocycles. The summed E-state index contributed by atoms with van der Waals surface area (Å²) >= 11 is 0. The van der Waals surface area contributed by atoms with Gasteiger partial charge in [0.15, 0.2) is 12.4 Å². The van der Waals surface area contributed by atoms with Gasteiger partial charge in [0.2, 0.25) is 11.8 Å². The topological polar surface area (TPSA) is 110 Å². The van der Waals surface area contributed by atoms with Crippen LogP contribution >= 0.6 is 0 Å². The zero-order chi connectivity index (χ0) is 24.4. The minimum Gasteiger partial charge on any atom is -0.452 e. The SMILES string of the molecule is CC(=O)c1ccc(NC(=O)COC(=O)c2cccc(N3C(=O)[C@@H]4CC[C@H](C)C[C@H]4C3=O)c2)cc1. The fourth-order valence-electron chi connectivity index (χ4n) is 4.62. The first-order valence-electron chi connectivity index (χ1n) is 11.3. The molecule has 0 radical (unpaired) electrons. The Bertz CT molecular complexity index is 1160. The molecular weight excluding hydrogens is 436 g/mol. The Labute approximate surface area is 197 Å². The number of anilines is 2. The van der Waals surface area contributed by atoms with Gasteiger partial charge in [-0.05, 0) is 74.6 Å². The van der Waals surface area contributed by atoms with E-state index in [-0.39, 0.29) is 35.0 Å². The molecule has 4 rings (SSSR count). The lowest BCUT2D eigenvalue weighted by Crippen LogP contribution is -2.31. The minimum atomic E-state index is -0.742. The number of carbonyl (C=O) groups is 5. The molecule has 0 spiro atoms. The van der Waals surface area contributed by atoms with Crippen molar-refractivity contribution < 1.29 is 28.7 Å². The number of imide groups is 1. The summed E-state index contributed by atoms with van der Waals surface area (Å²) in [6.45, 7) is 3.02. The molecule has 1 heterocycles. The Kier molecular flexibility index (Phi) is 6.58. The van der Waals surface area contributed by atoms with Crippen LogP contribution < -0.4 is 10.2 Å². The number of fused-ring (bicyclic) bond motifs is 1. The quantitative estimate of drug-likeness (QED) is 0.399. The molecule has 1 saturated carbocycles. The van der Waals surface area contributed by atoms with Crippen LogP contribution in [0.15, 0.2) is 48.5 Å². The van der Waals surface area contributed by atoms with Crippen molar-refractivity contribution in [3.8, 4) is 0 Å². The molecule has 1 N–H and O–H groups in total. The first-order chi connectivity index (χ1) is 16.2. The lowest BCUT2D eigenvalue weighted by molar-refractivity contribution is -0.122. The molecule has 1 saturated heterocycles. The first kappa shape index (κ1) is 23.4. The van der Waals surface area contributed by atoms with E-state index >= 15 is 0 Å². The molecule has 1 aliphatic carbocycles. The van der Waals surface area contributed by atoms with Crippen molar-refractivity contribution in [1.29, 1.82) is 0 Å². The summed E-state index contributed by atoms with van der Waals surface area (Å²) in [5.41, 5.74) is 1.46. The molecule has 3 amide bonds. The number of ether oxygens (including phenoxy) is 1. The molecule has 0 aromatic heterocycles. The number of esters is 1. The summed E-state index contributed by atoms with van der Waals surface area (Å²) in [7, 11) is 0. The van der Waals surface area contributed by atoms with Crippen molar-refractivity contribution in [2.75, 3.05) is 16.8 Å². The van der Waals surface area contributed by atoms with Crippen molar-refractivity contribution >= 4 is 40.8 Å². The molecule has 8 nitrogen and oxygen atoms in total. The van der Waals surface area contributed by atoms with E-state index in [1.807, 2.05) is 0 Å². The molecule has 3 atom stereocenters. The van der Waals surface area contributed by atoms with Gasteiger partial charge in [0.1, 0.15) is 0 Å². The van der Waals surface area contributed by atoms with Gasteiger partial charge in [-0.2, -0.15) is 0 Å². The second kappa shape index (κ2) is 9.59. The number of amides is 3. The van der Waals surface area contributed by atoms with E-state index < -0.39 is 18.5 Å². The van der Waals surface area contributed by atoms with E-state index in [0.29, 0.717) is 35.7 Å². The van der Waals surface area contributed by atoms with Crippen molar-refractivity contribution in [2.45, 2.75) is 33.1 Å². The van der Waals surface area contributed by atoms with E-state index in [0.717, 1.165) is 6.42 Å². The van der Waals surface area contributed by atoms with Crippen LogP contribution in [0.3, 0.4) is 0 Å². The molecule has 0 bridgehead atoms. The molecular formula is C26H26N2O6. The molecule has 2 aromatic rings. The summed E-state index contributed by atoms with van der Waals surface area (Å²) in [4.78, 5) is 63.0. The molecule has 176 valence electrons. The third-order valence-corrected chi connectivity index (χ3v) is 6.44. The Morgan fingerprint density at radius 1 is 0.971 bits per heavy atom. The third kappa shape index (κ3) is 4.76. The van der Waals surface area contributed by atoms with Crippen molar-refractivity contribution in [2.24, 2.45) is 17.8 Å². The van der Waals surface area contributed by atoms with Crippen LogP contribution in [-0.2, 0) is 19.1 Å². The van der Waals surface area contributed by atoms with Gasteiger partial charge < -0.3 is 10.1 Å². The number of hydrogen-bond donors (Lipinski definition) is 1. The van der Waals surface area contributed by atoms with Gasteiger partial charge in [-0.3, -0.25) is 24.1 Å². The van der Waals surface area contributed by atoms with Crippen LogP contribution in [0.1, 0.15) is 53.8 Å². The second-order valence-electron chi connectivity index (χ2n) is 8.95. The van der Waals surface area contributed by atoms with Crippen LogP contribution in [-0.4, -0.2) is 36.1 Å². The van der Waals surface area contributed by atoms with Crippen molar-refractivity contribution in [3.63, 3.8) is 0 Å². The van der Waals surface area contributed by atoms with E-state index in [1.54, 1.807) is 36.4 Å². The predicted octanol–water partition coefficient (Wildman–Crippen LogP) is 3.61. The number of nitrogens with one attached hydrogen (secondary N) is 1. The number of hydrogen-bond acceptors (Lipinski definition) is 6. The van der Waals surface area contributed by atoms with Crippen molar-refractivity contribution in [1.82, 2.24) is 0 Å². The number of nitrogens with zero attached hydrogens (tertiary/aromatic N) is 1. The zero-order valence-electron chi connectivity index (χ0n) is 19.1. The van der Waals surface area contributed by atoms with Crippen LogP contribution in [0.2, 0.25) is 0 Å². The van der Waals surface area contributed by atoms with Gasteiger partial charge >= 0.3 is 5.97 Å². The average Bonchev–Trinajstić information content (AvgIpc) is 3.07. The summed E-state index contributed by atoms with van der Waals surface area (Å²) < 4.78 is 5.11. The standard InChI is InChI=1S/C26H26N2O6/c1-15-6-11-21-22(12-15)25(32)28(24(21)31)20-5-3-4-18(13-20)26(33)34-14-23(30)27-19-9-7-17(8-10-19)16(2)29/h3-5,7-10,13,15,21-22H,6,11-12,14H2,1-2H3,(H,27,30)/t15-,21+,22+/m0/s1. The highest BCUT2D eigenvalue weighted by atomic mass is 16.5. The minimum absolute atomic E-state index is 0.0836. The molecule has 2 fully saturated rings. The molecule has 2 aliphatic rings. The van der Waals surface area contributed by atoms with E-state index in [4.69, 9.17) is 4.74 Å². The van der Waals surface area contributed by atoms with Crippen molar-refractivity contribution in [3.05, 3.63) is 59.7 Å². The predicted molar refractivity (Wildman–Crippen MR) is 124 cm³/mol. The average molecular weight is 463 g/mol. The number of ketones is 1. The maximum Gasteiger partial charge on any atom is 0.338 e. The Morgan fingerprint density at radius 2 is 1.68 bits per heavy atom. The Morgan fingerprint density at radius 3 is 2.38 bits per heavy atom. The monoisotopic (exact) mass is 462 g/mol. The lowest BCUT2D eigenvalue weighted by Gasteiger charge is -2.25. The van der Waals surface area contributed by atoms with Gasteiger partial charge in [-0.1, -0.05) is 13.0 Å². The van der Waals surface area contributed by atoms with Gasteiger partial charge in [0.25, 0.3) is 5.91 Å². The molecule has 34 heavy (non-hydrogen) atoms. The smallest absolute Gasteiger partial charge is 0.338 e. The van der Waals surface area contributed by atoms with Gasteiger partial charge in [-0.25, -0.2) is 4.79 Å². The van der Waals surface area contributed by atoms with Crippen LogP contribution in [0, 0.1) is 17.8 Å². The van der Waals surface area contributed by atoms with E-state index in [2.05, 4.69) is 12.2 Å². The summed E-state index contributed by atoms with van der Waals surface area (Å²) in [5.74, 6) is -2.01. The van der Waals surface area contributed by atoms with Crippen LogP contribution in [0.5, 0.6) is 0 Å². The number of Topliss-reactive ketones (excluding diaryl/α,β-unsaturated/α-hetero) is 1. The maximum atomic E-state index is 12.9. The number of rotatable bonds is 6. The zero-order valence-corrected chi connectivity index (χ0v) is 19.1. The maximum absolute atomic E-state index is 12.9. The third-order valence-electron chi connectivity index (χ3n) is 6.44. The number of benzene rings is 2. The van der Waals surface area contributed by atoms with Gasteiger partial charge in [0, 0.05) is 11.3 Å². The van der Waals surface area contributed by atoms with Gasteiger partial charge in [-0.15, -0.1) is 0 Å². The number of carbonyl (C=O) groups excluding carboxylic acids is 5. The second-order valence-corrected chi connectivity index (χ2v) is 8.95. The van der Waals surface area contributed by atoms with E-state index in [1.165, 1.54) is 24.0 Å². The highest BCUT2D eigenvalue weighted by Gasteiger charge is 2.50. The Hall–Kier alpha value is -3.81. The molecule has 0 unspecified atom stereocenters. The van der Waals surface area contributed by atoms with Crippen LogP contribution in [0.4, 0.5) is 11.4 Å². The summed E-state index contributed by atoms with van der Waals surface area (Å²) in [6, 6.07) is 12.5. The van der Waals surface area contributed by atoms with E-state index in [9.17, 15) is 24.0 Å². The highest BCUT2D eigenvalue weighted by molar-refractivity contribution is 6.22. The molecule has 8 heteroatoms. The highest BCUT2D eigenvalue weighted by Crippen LogP contribution is 2.42. The molecule has 1 aliphatic heterocycles. The fraction of sp³-hybridized carbons (Fsp3) is 0.346. The Balaban J connectivity index is 1.38. The summed E-state index contributed by atoms with van der Waals surface area (Å²) in [6.07, 6.45) is 2.31. The van der Waals surface area contributed by atoms with Gasteiger partial charge in [0.05, 0.1) is 23.1 Å². The first-order valence-corrected chi connectivity index (χ1v) is 11.3. The normalized spacial score (nSPS) is 21.7.